The highest BCUT2D eigenvalue weighted by molar-refractivity contribution is 7.09. The van der Waals surface area contributed by atoms with Gasteiger partial charge in [-0.05, 0) is 17.5 Å². The topological polar surface area (TPSA) is 35.8 Å². The zero-order valence-electron chi connectivity index (χ0n) is 9.66. The molecule has 2 aromatic rings. The molecule has 1 heterocycles. The summed E-state index contributed by atoms with van der Waals surface area (Å²) in [5.41, 5.74) is -0.196. The van der Waals surface area contributed by atoms with Crippen LogP contribution in [0.3, 0.4) is 0 Å². The van der Waals surface area contributed by atoms with E-state index in [0.717, 1.165) is 4.88 Å². The summed E-state index contributed by atoms with van der Waals surface area (Å²) in [5, 5.41) is 13.7. The Morgan fingerprint density at radius 2 is 1.95 bits per heavy atom. The molecule has 98 valence electrons. The molecule has 0 radical (unpaired) electrons. The lowest BCUT2D eigenvalue weighted by molar-refractivity contribution is 0.482. The van der Waals surface area contributed by atoms with Crippen LogP contribution < -0.4 is 5.32 Å². The van der Waals surface area contributed by atoms with Crippen molar-refractivity contribution in [3.8, 4) is 6.07 Å². The van der Waals surface area contributed by atoms with Crippen LogP contribution in [0.25, 0.3) is 0 Å². The number of rotatable bonds is 4. The van der Waals surface area contributed by atoms with Gasteiger partial charge in [-0.1, -0.05) is 6.07 Å². The van der Waals surface area contributed by atoms with Gasteiger partial charge in [0.25, 0.3) is 0 Å². The number of hydrogen-bond donors (Lipinski definition) is 1. The number of benzene rings is 1. The molecule has 0 aliphatic heterocycles. The van der Waals surface area contributed by atoms with Crippen molar-refractivity contribution in [2.24, 2.45) is 0 Å². The average Bonchev–Trinajstić information content (AvgIpc) is 2.89. The molecule has 1 aromatic heterocycles. The van der Waals surface area contributed by atoms with Crippen LogP contribution in [-0.2, 0) is 6.54 Å². The number of nitrogens with one attached hydrogen (secondary N) is 1. The summed E-state index contributed by atoms with van der Waals surface area (Å²) < 4.78 is 39.5. The Morgan fingerprint density at radius 1 is 1.21 bits per heavy atom. The summed E-state index contributed by atoms with van der Waals surface area (Å²) >= 11 is 1.48. The molecule has 0 fully saturated rings. The van der Waals surface area contributed by atoms with Gasteiger partial charge in [-0.3, -0.25) is 5.32 Å². The summed E-state index contributed by atoms with van der Waals surface area (Å²) in [7, 11) is 0. The van der Waals surface area contributed by atoms with Crippen molar-refractivity contribution in [1.29, 1.82) is 5.26 Å². The highest BCUT2D eigenvalue weighted by atomic mass is 32.1. The van der Waals surface area contributed by atoms with E-state index >= 15 is 0 Å². The third kappa shape index (κ3) is 3.13. The molecule has 0 saturated carbocycles. The fourth-order valence-corrected chi connectivity index (χ4v) is 2.26. The first-order valence-electron chi connectivity index (χ1n) is 5.41. The quantitative estimate of drug-likeness (QED) is 0.871. The Labute approximate surface area is 112 Å². The number of thiophene rings is 1. The van der Waals surface area contributed by atoms with Crippen molar-refractivity contribution in [2.45, 2.75) is 12.6 Å². The number of nitriles is 1. The van der Waals surface area contributed by atoms with Gasteiger partial charge in [-0.2, -0.15) is 5.26 Å². The SMILES string of the molecule is N#CC(NCc1cccs1)c1cc(F)c(F)cc1F. The van der Waals surface area contributed by atoms with Gasteiger partial charge < -0.3 is 0 Å². The first kappa shape index (κ1) is 13.6. The highest BCUT2D eigenvalue weighted by Gasteiger charge is 2.18. The number of halogens is 3. The predicted molar refractivity (Wildman–Crippen MR) is 65.8 cm³/mol. The second kappa shape index (κ2) is 5.87. The van der Waals surface area contributed by atoms with Crippen LogP contribution in [0.15, 0.2) is 29.6 Å². The highest BCUT2D eigenvalue weighted by Crippen LogP contribution is 2.21. The standard InChI is InChI=1S/C13H9F3N2S/c14-10-5-12(16)11(15)4-9(10)13(6-17)18-7-8-2-1-3-19-8/h1-5,13,18H,7H2. The minimum atomic E-state index is -1.27. The third-order valence-electron chi connectivity index (χ3n) is 2.54. The van der Waals surface area contributed by atoms with Gasteiger partial charge in [0, 0.05) is 23.1 Å². The van der Waals surface area contributed by atoms with Crippen LogP contribution >= 0.6 is 11.3 Å². The Kier molecular flexibility index (Phi) is 4.20. The normalized spacial score (nSPS) is 12.1. The molecule has 0 saturated heterocycles. The van der Waals surface area contributed by atoms with E-state index in [9.17, 15) is 13.2 Å². The molecule has 0 aliphatic carbocycles. The predicted octanol–water partition coefficient (Wildman–Crippen LogP) is 3.52. The lowest BCUT2D eigenvalue weighted by Gasteiger charge is -2.12. The molecule has 1 N–H and O–H groups in total. The smallest absolute Gasteiger partial charge is 0.161 e. The summed E-state index contributed by atoms with van der Waals surface area (Å²) in [5.74, 6) is -3.38. The van der Waals surface area contributed by atoms with Crippen LogP contribution in [-0.4, -0.2) is 0 Å². The van der Waals surface area contributed by atoms with Gasteiger partial charge in [-0.15, -0.1) is 11.3 Å². The van der Waals surface area contributed by atoms with E-state index in [4.69, 9.17) is 5.26 Å². The van der Waals surface area contributed by atoms with E-state index in [2.05, 4.69) is 5.32 Å². The third-order valence-corrected chi connectivity index (χ3v) is 3.42. The maximum Gasteiger partial charge on any atom is 0.161 e. The minimum Gasteiger partial charge on any atom is -0.293 e. The first-order valence-corrected chi connectivity index (χ1v) is 6.29. The summed E-state index contributed by atoms with van der Waals surface area (Å²) in [6.45, 7) is 0.355. The average molecular weight is 282 g/mol. The summed E-state index contributed by atoms with van der Waals surface area (Å²) in [6, 6.07) is 5.66. The molecular formula is C13H9F3N2S. The van der Waals surface area contributed by atoms with E-state index < -0.39 is 23.5 Å². The van der Waals surface area contributed by atoms with Crippen molar-refractivity contribution in [3.63, 3.8) is 0 Å². The van der Waals surface area contributed by atoms with E-state index in [0.29, 0.717) is 18.7 Å². The lowest BCUT2D eigenvalue weighted by Crippen LogP contribution is -2.20. The molecule has 1 unspecified atom stereocenters. The van der Waals surface area contributed by atoms with Crippen molar-refractivity contribution < 1.29 is 13.2 Å². The molecule has 0 spiro atoms. The van der Waals surface area contributed by atoms with Gasteiger partial charge in [0.2, 0.25) is 0 Å². The molecule has 1 aromatic carbocycles. The lowest BCUT2D eigenvalue weighted by atomic mass is 10.1. The second-order valence-electron chi connectivity index (χ2n) is 3.81. The first-order chi connectivity index (χ1) is 9.11. The number of hydrogen-bond acceptors (Lipinski definition) is 3. The fraction of sp³-hybridized carbons (Fsp3) is 0.154. The van der Waals surface area contributed by atoms with Crippen LogP contribution in [0.5, 0.6) is 0 Å². The summed E-state index contributed by atoms with van der Waals surface area (Å²) in [4.78, 5) is 0.961. The Balaban J connectivity index is 2.18. The molecule has 19 heavy (non-hydrogen) atoms. The largest absolute Gasteiger partial charge is 0.293 e. The van der Waals surface area contributed by atoms with Gasteiger partial charge >= 0.3 is 0 Å². The van der Waals surface area contributed by atoms with Gasteiger partial charge in [0.05, 0.1) is 6.07 Å². The maximum atomic E-state index is 13.5. The maximum absolute atomic E-state index is 13.5. The van der Waals surface area contributed by atoms with Crippen LogP contribution in [0.1, 0.15) is 16.5 Å². The molecule has 0 amide bonds. The zero-order valence-corrected chi connectivity index (χ0v) is 10.5. The molecule has 6 heteroatoms. The van der Waals surface area contributed by atoms with Crippen molar-refractivity contribution in [3.05, 3.63) is 57.5 Å². The van der Waals surface area contributed by atoms with Crippen LogP contribution in [0.4, 0.5) is 13.2 Å². The number of nitrogens with zero attached hydrogens (tertiary/aromatic N) is 1. The van der Waals surface area contributed by atoms with Crippen LogP contribution in [0, 0.1) is 28.8 Å². The molecule has 0 aliphatic rings. The molecule has 0 bridgehead atoms. The Morgan fingerprint density at radius 3 is 2.58 bits per heavy atom. The van der Waals surface area contributed by atoms with Crippen molar-refractivity contribution in [2.75, 3.05) is 0 Å². The Bertz CT molecular complexity index is 605. The monoisotopic (exact) mass is 282 g/mol. The Hall–Kier alpha value is -1.84. The van der Waals surface area contributed by atoms with E-state index in [1.165, 1.54) is 11.3 Å². The molecular weight excluding hydrogens is 273 g/mol. The summed E-state index contributed by atoms with van der Waals surface area (Å²) in [6.07, 6.45) is 0. The fourth-order valence-electron chi connectivity index (χ4n) is 1.60. The zero-order chi connectivity index (χ0) is 13.8. The molecule has 2 rings (SSSR count). The molecule has 2 nitrogen and oxygen atoms in total. The second-order valence-corrected chi connectivity index (χ2v) is 4.84. The van der Waals surface area contributed by atoms with Crippen molar-refractivity contribution >= 4 is 11.3 Å². The van der Waals surface area contributed by atoms with E-state index in [-0.39, 0.29) is 5.56 Å². The van der Waals surface area contributed by atoms with E-state index in [1.807, 2.05) is 23.6 Å². The van der Waals surface area contributed by atoms with Gasteiger partial charge in [-0.25, -0.2) is 13.2 Å². The van der Waals surface area contributed by atoms with Crippen molar-refractivity contribution in [1.82, 2.24) is 5.32 Å². The van der Waals surface area contributed by atoms with Crippen LogP contribution in [0.2, 0.25) is 0 Å². The van der Waals surface area contributed by atoms with Gasteiger partial charge in [0.1, 0.15) is 11.9 Å². The minimum absolute atomic E-state index is 0.196. The van der Waals surface area contributed by atoms with E-state index in [1.54, 1.807) is 0 Å². The van der Waals surface area contributed by atoms with Gasteiger partial charge in [0.15, 0.2) is 11.6 Å². The molecule has 1 atom stereocenters.